The molecule has 18 heavy (non-hydrogen) atoms. The zero-order valence-electron chi connectivity index (χ0n) is 9.07. The van der Waals surface area contributed by atoms with Crippen molar-refractivity contribution in [3.05, 3.63) is 28.6 Å². The molecule has 1 aliphatic heterocycles. The molecular formula is C11H8BrN3O3. The van der Waals surface area contributed by atoms with Gasteiger partial charge in [-0.3, -0.25) is 20.2 Å². The standard InChI is InChI=1S/C11H8BrN3O3/c12-5-1-2-7-6(3-5)14-11(18-7)9-10(17)15-8(16)4-13-9/h1-3,9,13H,4H2,(H,15,16,17). The number of aromatic nitrogens is 1. The van der Waals surface area contributed by atoms with E-state index in [0.717, 1.165) is 4.47 Å². The third kappa shape index (κ3) is 1.91. The van der Waals surface area contributed by atoms with Gasteiger partial charge in [0, 0.05) is 4.47 Å². The first kappa shape index (κ1) is 11.4. The largest absolute Gasteiger partial charge is 0.438 e. The Morgan fingerprint density at radius 2 is 2.22 bits per heavy atom. The van der Waals surface area contributed by atoms with E-state index in [1.807, 2.05) is 6.07 Å². The fraction of sp³-hybridized carbons (Fsp3) is 0.182. The predicted octanol–water partition coefficient (Wildman–Crippen LogP) is 0.877. The van der Waals surface area contributed by atoms with Crippen LogP contribution in [0.15, 0.2) is 27.1 Å². The van der Waals surface area contributed by atoms with Gasteiger partial charge in [-0.1, -0.05) is 15.9 Å². The molecule has 2 amide bonds. The Labute approximate surface area is 110 Å². The van der Waals surface area contributed by atoms with Gasteiger partial charge >= 0.3 is 0 Å². The number of carbonyl (C=O) groups excluding carboxylic acids is 2. The molecule has 0 saturated carbocycles. The molecule has 1 aliphatic rings. The number of hydrogen-bond acceptors (Lipinski definition) is 5. The van der Waals surface area contributed by atoms with Crippen molar-refractivity contribution >= 4 is 38.8 Å². The maximum atomic E-state index is 11.6. The summed E-state index contributed by atoms with van der Waals surface area (Å²) < 4.78 is 6.38. The number of imide groups is 1. The number of nitrogens with zero attached hydrogens (tertiary/aromatic N) is 1. The lowest BCUT2D eigenvalue weighted by Crippen LogP contribution is -2.51. The molecule has 92 valence electrons. The number of carbonyl (C=O) groups is 2. The van der Waals surface area contributed by atoms with E-state index in [2.05, 4.69) is 31.5 Å². The van der Waals surface area contributed by atoms with Crippen LogP contribution < -0.4 is 10.6 Å². The van der Waals surface area contributed by atoms with Crippen LogP contribution in [0.25, 0.3) is 11.1 Å². The number of rotatable bonds is 1. The first-order chi connectivity index (χ1) is 8.63. The summed E-state index contributed by atoms with van der Waals surface area (Å²) in [7, 11) is 0. The minimum Gasteiger partial charge on any atom is -0.438 e. The monoisotopic (exact) mass is 309 g/mol. The van der Waals surface area contributed by atoms with Gasteiger partial charge < -0.3 is 4.42 Å². The highest BCUT2D eigenvalue weighted by atomic mass is 79.9. The Morgan fingerprint density at radius 3 is 3.00 bits per heavy atom. The maximum Gasteiger partial charge on any atom is 0.253 e. The molecule has 6 nitrogen and oxygen atoms in total. The van der Waals surface area contributed by atoms with Crippen molar-refractivity contribution in [1.29, 1.82) is 0 Å². The SMILES string of the molecule is O=C1CNC(c2nc3cc(Br)ccc3o2)C(=O)N1. The average Bonchev–Trinajstić information content (AvgIpc) is 2.71. The number of benzene rings is 1. The van der Waals surface area contributed by atoms with Crippen LogP contribution in [0.1, 0.15) is 11.9 Å². The lowest BCUT2D eigenvalue weighted by atomic mass is 10.2. The highest BCUT2D eigenvalue weighted by molar-refractivity contribution is 9.10. The number of oxazole rings is 1. The summed E-state index contributed by atoms with van der Waals surface area (Å²) in [5, 5.41) is 5.01. The first-order valence-corrected chi connectivity index (χ1v) is 6.06. The normalized spacial score (nSPS) is 20.2. The molecule has 3 rings (SSSR count). The van der Waals surface area contributed by atoms with Crippen LogP contribution in [0.2, 0.25) is 0 Å². The van der Waals surface area contributed by atoms with Gasteiger partial charge in [0.05, 0.1) is 6.54 Å². The number of halogens is 1. The zero-order valence-corrected chi connectivity index (χ0v) is 10.7. The van der Waals surface area contributed by atoms with Crippen molar-refractivity contribution in [2.75, 3.05) is 6.54 Å². The van der Waals surface area contributed by atoms with E-state index in [1.54, 1.807) is 12.1 Å². The number of nitrogens with one attached hydrogen (secondary N) is 2. The van der Waals surface area contributed by atoms with Gasteiger partial charge in [0.15, 0.2) is 11.6 Å². The van der Waals surface area contributed by atoms with Crippen molar-refractivity contribution in [3.63, 3.8) is 0 Å². The van der Waals surface area contributed by atoms with E-state index in [4.69, 9.17) is 4.42 Å². The highest BCUT2D eigenvalue weighted by Gasteiger charge is 2.31. The summed E-state index contributed by atoms with van der Waals surface area (Å²) in [6.45, 7) is 0.0683. The van der Waals surface area contributed by atoms with E-state index >= 15 is 0 Å². The van der Waals surface area contributed by atoms with Gasteiger partial charge in [-0.15, -0.1) is 0 Å². The maximum absolute atomic E-state index is 11.6. The third-order valence-corrected chi connectivity index (χ3v) is 3.10. The zero-order chi connectivity index (χ0) is 12.7. The fourth-order valence-corrected chi connectivity index (χ4v) is 2.13. The number of amides is 2. The molecule has 1 atom stereocenters. The van der Waals surface area contributed by atoms with Crippen LogP contribution in [-0.4, -0.2) is 23.3 Å². The summed E-state index contributed by atoms with van der Waals surface area (Å²) in [5.41, 5.74) is 1.26. The summed E-state index contributed by atoms with van der Waals surface area (Å²) in [5.74, 6) is -0.542. The molecule has 1 saturated heterocycles. The lowest BCUT2D eigenvalue weighted by Gasteiger charge is -2.19. The smallest absolute Gasteiger partial charge is 0.253 e. The van der Waals surface area contributed by atoms with Crippen LogP contribution in [-0.2, 0) is 9.59 Å². The molecule has 1 fully saturated rings. The number of hydrogen-bond donors (Lipinski definition) is 2. The Balaban J connectivity index is 1.99. The number of fused-ring (bicyclic) bond motifs is 1. The topological polar surface area (TPSA) is 84.2 Å². The van der Waals surface area contributed by atoms with Crippen molar-refractivity contribution in [2.24, 2.45) is 0 Å². The minimum atomic E-state index is -0.728. The van der Waals surface area contributed by atoms with Crippen LogP contribution in [0.4, 0.5) is 0 Å². The summed E-state index contributed by atoms with van der Waals surface area (Å²) in [4.78, 5) is 26.9. The molecule has 1 unspecified atom stereocenters. The molecule has 0 bridgehead atoms. The van der Waals surface area contributed by atoms with E-state index in [1.165, 1.54) is 0 Å². The molecule has 1 aromatic heterocycles. The Hall–Kier alpha value is -1.73. The van der Waals surface area contributed by atoms with E-state index in [9.17, 15) is 9.59 Å². The minimum absolute atomic E-state index is 0.0683. The van der Waals surface area contributed by atoms with Crippen molar-refractivity contribution in [3.8, 4) is 0 Å². The number of piperazine rings is 1. The summed E-state index contributed by atoms with van der Waals surface area (Å²) >= 11 is 3.34. The Morgan fingerprint density at radius 1 is 1.39 bits per heavy atom. The van der Waals surface area contributed by atoms with Crippen LogP contribution >= 0.6 is 15.9 Å². The van der Waals surface area contributed by atoms with E-state index < -0.39 is 11.9 Å². The van der Waals surface area contributed by atoms with Crippen LogP contribution in [0.3, 0.4) is 0 Å². The van der Waals surface area contributed by atoms with Crippen molar-refractivity contribution in [1.82, 2.24) is 15.6 Å². The average molecular weight is 310 g/mol. The highest BCUT2D eigenvalue weighted by Crippen LogP contribution is 2.24. The molecule has 2 N–H and O–H groups in total. The molecule has 0 radical (unpaired) electrons. The Kier molecular flexibility index (Phi) is 2.64. The van der Waals surface area contributed by atoms with Crippen LogP contribution in [0, 0.1) is 0 Å². The fourth-order valence-electron chi connectivity index (χ4n) is 1.78. The van der Waals surface area contributed by atoms with Crippen molar-refractivity contribution in [2.45, 2.75) is 6.04 Å². The summed E-state index contributed by atoms with van der Waals surface area (Å²) in [6.07, 6.45) is 0. The molecule has 7 heteroatoms. The van der Waals surface area contributed by atoms with Gasteiger partial charge in [0.1, 0.15) is 5.52 Å². The molecule has 2 heterocycles. The van der Waals surface area contributed by atoms with Crippen molar-refractivity contribution < 1.29 is 14.0 Å². The second-order valence-corrected chi connectivity index (χ2v) is 4.81. The molecule has 0 aliphatic carbocycles. The molecular weight excluding hydrogens is 302 g/mol. The van der Waals surface area contributed by atoms with Gasteiger partial charge in [0.25, 0.3) is 5.91 Å². The first-order valence-electron chi connectivity index (χ1n) is 5.26. The molecule has 0 spiro atoms. The molecule has 2 aromatic rings. The van der Waals surface area contributed by atoms with Gasteiger partial charge in [-0.25, -0.2) is 4.98 Å². The Bertz CT molecular complexity index is 652. The second-order valence-electron chi connectivity index (χ2n) is 3.89. The van der Waals surface area contributed by atoms with Crippen LogP contribution in [0.5, 0.6) is 0 Å². The van der Waals surface area contributed by atoms with E-state index in [-0.39, 0.29) is 18.3 Å². The predicted molar refractivity (Wildman–Crippen MR) is 65.6 cm³/mol. The van der Waals surface area contributed by atoms with E-state index in [0.29, 0.717) is 11.1 Å². The second kappa shape index (κ2) is 4.18. The van der Waals surface area contributed by atoms with Gasteiger partial charge in [-0.2, -0.15) is 0 Å². The molecule has 1 aromatic carbocycles. The van der Waals surface area contributed by atoms with Gasteiger partial charge in [0.2, 0.25) is 11.8 Å². The quantitative estimate of drug-likeness (QED) is 0.764. The summed E-state index contributed by atoms with van der Waals surface area (Å²) in [6, 6.07) is 4.67. The van der Waals surface area contributed by atoms with Gasteiger partial charge in [-0.05, 0) is 18.2 Å². The third-order valence-electron chi connectivity index (χ3n) is 2.60. The lowest BCUT2D eigenvalue weighted by molar-refractivity contribution is -0.134.